The zero-order chi connectivity index (χ0) is 4.99. The minimum Gasteiger partial charge on any atom is -0.550 e. The summed E-state index contributed by atoms with van der Waals surface area (Å²) in [7, 11) is 0. The fraction of sp³-hybridized carbons (Fsp3) is 0.667. The summed E-state index contributed by atoms with van der Waals surface area (Å²) in [4.78, 5) is 9.44. The number of hydrogen-bond acceptors (Lipinski definition) is 3. The first kappa shape index (κ1) is 10.7. The summed E-state index contributed by atoms with van der Waals surface area (Å²) in [6.07, 6.45) is 0.0448. The zero-order valence-corrected chi connectivity index (χ0v) is 7.07. The number of carboxylic acid groups (broad SMARTS) is 1. The van der Waals surface area contributed by atoms with Gasteiger partial charge < -0.3 is 9.90 Å². The Labute approximate surface area is 70.0 Å². The molecule has 0 aromatic carbocycles. The van der Waals surface area contributed by atoms with Crippen molar-refractivity contribution in [2.45, 2.75) is 6.42 Å². The van der Waals surface area contributed by atoms with E-state index in [0.717, 1.165) is 0 Å². The largest absolute Gasteiger partial charge is 1.00 e. The average molecular weight is 128 g/mol. The number of carbonyl (C=O) groups excluding carboxylic acids is 1. The summed E-state index contributed by atoms with van der Waals surface area (Å²) >= 11 is 3.64. The van der Waals surface area contributed by atoms with E-state index in [9.17, 15) is 9.90 Å². The molecule has 0 aliphatic carbocycles. The van der Waals surface area contributed by atoms with Crippen LogP contribution in [0.4, 0.5) is 0 Å². The van der Waals surface area contributed by atoms with Crippen LogP contribution in [0.5, 0.6) is 0 Å². The van der Waals surface area contributed by atoms with Gasteiger partial charge in [-0.25, -0.2) is 0 Å². The van der Waals surface area contributed by atoms with Crippen molar-refractivity contribution in [3.05, 3.63) is 0 Å². The molecule has 7 heavy (non-hydrogen) atoms. The van der Waals surface area contributed by atoms with E-state index >= 15 is 0 Å². The molecule has 0 aliphatic rings. The van der Waals surface area contributed by atoms with E-state index in [1.807, 2.05) is 0 Å². The Kier molecular flexibility index (Phi) is 10.5. The van der Waals surface area contributed by atoms with Crippen molar-refractivity contribution in [3.63, 3.8) is 0 Å². The first-order valence-corrected chi connectivity index (χ1v) is 2.21. The molecule has 0 aromatic rings. The van der Waals surface area contributed by atoms with Crippen molar-refractivity contribution in [2.75, 3.05) is 5.75 Å². The molecule has 0 saturated carbocycles. The van der Waals surface area contributed by atoms with Crippen LogP contribution >= 0.6 is 12.6 Å². The molecule has 0 aliphatic heterocycles. The van der Waals surface area contributed by atoms with Crippen LogP contribution in [0, 0.1) is 0 Å². The molecule has 0 rings (SSSR count). The van der Waals surface area contributed by atoms with Crippen LogP contribution in [0.25, 0.3) is 0 Å². The van der Waals surface area contributed by atoms with E-state index in [-0.39, 0.29) is 36.0 Å². The van der Waals surface area contributed by atoms with Crippen LogP contribution in [0.1, 0.15) is 6.42 Å². The van der Waals surface area contributed by atoms with Gasteiger partial charge in [-0.15, -0.1) is 0 Å². The molecule has 0 saturated heterocycles. The van der Waals surface area contributed by atoms with Gasteiger partial charge in [0.1, 0.15) is 0 Å². The SMILES string of the molecule is O=C([O-])CCS.[Na+]. The maximum Gasteiger partial charge on any atom is 1.00 e. The molecule has 4 heteroatoms. The predicted molar refractivity (Wildman–Crippen MR) is 23.5 cm³/mol. The van der Waals surface area contributed by atoms with Gasteiger partial charge in [0.2, 0.25) is 0 Å². The summed E-state index contributed by atoms with van der Waals surface area (Å²) in [5.74, 6) is -0.674. The van der Waals surface area contributed by atoms with Crippen molar-refractivity contribution in [3.8, 4) is 0 Å². The Morgan fingerprint density at radius 3 is 2.14 bits per heavy atom. The van der Waals surface area contributed by atoms with Crippen LogP contribution < -0.4 is 34.7 Å². The van der Waals surface area contributed by atoms with Gasteiger partial charge in [0, 0.05) is 5.97 Å². The molecule has 36 valence electrons. The second-order valence-corrected chi connectivity index (χ2v) is 1.29. The summed E-state index contributed by atoms with van der Waals surface area (Å²) in [5, 5.41) is 9.44. The number of hydrogen-bond donors (Lipinski definition) is 1. The summed E-state index contributed by atoms with van der Waals surface area (Å²) in [6, 6.07) is 0. The number of carbonyl (C=O) groups is 1. The maximum absolute atomic E-state index is 9.44. The third-order valence-corrected chi connectivity index (χ3v) is 0.540. The topological polar surface area (TPSA) is 40.1 Å². The van der Waals surface area contributed by atoms with Crippen LogP contribution in [-0.4, -0.2) is 11.7 Å². The molecule has 0 N–H and O–H groups in total. The van der Waals surface area contributed by atoms with E-state index in [2.05, 4.69) is 12.6 Å². The van der Waals surface area contributed by atoms with Crippen LogP contribution in [-0.2, 0) is 4.79 Å². The zero-order valence-electron chi connectivity index (χ0n) is 4.18. The van der Waals surface area contributed by atoms with Crippen molar-refractivity contribution >= 4 is 18.6 Å². The molecule has 2 nitrogen and oxygen atoms in total. The fourth-order valence-corrected chi connectivity index (χ4v) is 0.274. The Balaban J connectivity index is 0. The van der Waals surface area contributed by atoms with Crippen LogP contribution in [0.15, 0.2) is 0 Å². The minimum absolute atomic E-state index is 0. The summed E-state index contributed by atoms with van der Waals surface area (Å²) in [5.41, 5.74) is 0. The van der Waals surface area contributed by atoms with E-state index < -0.39 is 5.97 Å². The second kappa shape index (κ2) is 6.82. The van der Waals surface area contributed by atoms with E-state index in [1.165, 1.54) is 0 Å². The van der Waals surface area contributed by atoms with E-state index in [1.54, 1.807) is 0 Å². The first-order chi connectivity index (χ1) is 2.77. The molecule has 0 unspecified atom stereocenters. The Morgan fingerprint density at radius 2 is 2.14 bits per heavy atom. The van der Waals surface area contributed by atoms with Gasteiger partial charge in [0.15, 0.2) is 0 Å². The number of aliphatic carboxylic acids is 1. The van der Waals surface area contributed by atoms with E-state index in [0.29, 0.717) is 5.75 Å². The standard InChI is InChI=1S/C3H6O2S.Na/c4-3(5)1-2-6;/h6H,1-2H2,(H,4,5);/q;+1/p-1. The number of carboxylic acids is 1. The third-order valence-electron chi connectivity index (χ3n) is 0.316. The molecule has 0 aromatic heterocycles. The van der Waals surface area contributed by atoms with Gasteiger partial charge in [-0.3, -0.25) is 0 Å². The first-order valence-electron chi connectivity index (χ1n) is 1.58. The molecule has 0 atom stereocenters. The fourth-order valence-electron chi connectivity index (χ4n) is 0.0913. The van der Waals surface area contributed by atoms with Crippen molar-refractivity contribution < 1.29 is 39.5 Å². The predicted octanol–water partition coefficient (Wildman–Crippen LogP) is -3.94. The quantitative estimate of drug-likeness (QED) is 0.305. The molecule has 0 spiro atoms. The monoisotopic (exact) mass is 128 g/mol. The Bertz CT molecular complexity index is 56.9. The second-order valence-electron chi connectivity index (χ2n) is 0.846. The van der Waals surface area contributed by atoms with Gasteiger partial charge in [-0.1, -0.05) is 0 Å². The summed E-state index contributed by atoms with van der Waals surface area (Å²) < 4.78 is 0. The van der Waals surface area contributed by atoms with Gasteiger partial charge in [0.05, 0.1) is 0 Å². The maximum atomic E-state index is 9.44. The molecular formula is C3H5NaO2S. The molecular weight excluding hydrogens is 123 g/mol. The minimum atomic E-state index is -1.04. The molecule has 0 amide bonds. The molecule has 0 heterocycles. The number of rotatable bonds is 2. The van der Waals surface area contributed by atoms with E-state index in [4.69, 9.17) is 0 Å². The van der Waals surface area contributed by atoms with Gasteiger partial charge in [-0.05, 0) is 12.2 Å². The van der Waals surface area contributed by atoms with Crippen LogP contribution in [0.2, 0.25) is 0 Å². The van der Waals surface area contributed by atoms with Crippen molar-refractivity contribution in [1.82, 2.24) is 0 Å². The number of thiol groups is 1. The normalized spacial score (nSPS) is 7.00. The third kappa shape index (κ3) is 10.9. The van der Waals surface area contributed by atoms with Gasteiger partial charge in [-0.2, -0.15) is 12.6 Å². The Hall–Kier alpha value is 0.820. The van der Waals surface area contributed by atoms with Gasteiger partial charge >= 0.3 is 29.6 Å². The average Bonchev–Trinajstić information content (AvgIpc) is 1.35. The molecule has 0 bridgehead atoms. The van der Waals surface area contributed by atoms with Crippen molar-refractivity contribution in [1.29, 1.82) is 0 Å². The van der Waals surface area contributed by atoms with Crippen LogP contribution in [0.3, 0.4) is 0 Å². The Morgan fingerprint density at radius 1 is 1.71 bits per heavy atom. The molecule has 0 fully saturated rings. The smallest absolute Gasteiger partial charge is 0.550 e. The van der Waals surface area contributed by atoms with Gasteiger partial charge in [0.25, 0.3) is 0 Å². The summed E-state index contributed by atoms with van der Waals surface area (Å²) in [6.45, 7) is 0. The molecule has 0 radical (unpaired) electrons. The van der Waals surface area contributed by atoms with Crippen molar-refractivity contribution in [2.24, 2.45) is 0 Å².